The molecule has 1 saturated heterocycles. The molecule has 3 aromatic rings. The lowest BCUT2D eigenvalue weighted by Gasteiger charge is -2.41. The van der Waals surface area contributed by atoms with Gasteiger partial charge < -0.3 is 9.74 Å². The highest BCUT2D eigenvalue weighted by Crippen LogP contribution is 2.38. The van der Waals surface area contributed by atoms with E-state index in [0.717, 1.165) is 16.7 Å². The van der Waals surface area contributed by atoms with Gasteiger partial charge in [0.05, 0.1) is 11.8 Å². The van der Waals surface area contributed by atoms with E-state index >= 15 is 0 Å². The van der Waals surface area contributed by atoms with Gasteiger partial charge in [-0.15, -0.1) is 0 Å². The molecule has 0 aliphatic carbocycles. The molecule has 1 amide bonds. The second-order valence-electron chi connectivity index (χ2n) is 8.91. The molecule has 0 bridgehead atoms. The first-order valence-corrected chi connectivity index (χ1v) is 12.4. The number of likely N-dealkylation sites (tertiary alicyclic amines) is 1. The molecule has 0 aromatic heterocycles. The molecule has 186 valence electrons. The van der Waals surface area contributed by atoms with Gasteiger partial charge in [-0.1, -0.05) is 71.4 Å². The third-order valence-electron chi connectivity index (χ3n) is 6.69. The molecule has 1 aliphatic heterocycles. The molecule has 0 radical (unpaired) electrons. The predicted octanol–water partition coefficient (Wildman–Crippen LogP) is 5.86. The van der Waals surface area contributed by atoms with Crippen molar-refractivity contribution in [1.29, 1.82) is 0 Å². The Labute approximate surface area is 216 Å². The van der Waals surface area contributed by atoms with E-state index in [2.05, 4.69) is 29.0 Å². The van der Waals surface area contributed by atoms with Crippen molar-refractivity contribution in [2.75, 3.05) is 19.7 Å². The normalized spacial score (nSPS) is 15.4. The number of oxime groups is 1. The molecule has 5 nitrogen and oxygen atoms in total. The highest BCUT2D eigenvalue weighted by Gasteiger charge is 2.42. The largest absolute Gasteiger partial charge is 0.394 e. The maximum absolute atomic E-state index is 13.2. The fourth-order valence-electron chi connectivity index (χ4n) is 4.61. The molecule has 1 heterocycles. The lowest BCUT2D eigenvalue weighted by atomic mass is 9.71. The van der Waals surface area contributed by atoms with Crippen LogP contribution in [0.1, 0.15) is 29.5 Å². The monoisotopic (exact) mass is 505 g/mol. The van der Waals surface area contributed by atoms with Crippen molar-refractivity contribution in [3.8, 4) is 0 Å². The molecule has 4 rings (SSSR count). The zero-order valence-corrected chi connectivity index (χ0v) is 20.8. The molecule has 1 aliphatic rings. The number of halogens is 2. The van der Waals surface area contributed by atoms with Gasteiger partial charge in [0.2, 0.25) is 5.91 Å². The van der Waals surface area contributed by atoms with Crippen molar-refractivity contribution in [3.63, 3.8) is 0 Å². The van der Waals surface area contributed by atoms with Gasteiger partial charge in [0.15, 0.2) is 5.84 Å². The summed E-state index contributed by atoms with van der Waals surface area (Å²) in [5.41, 5.74) is 2.47. The zero-order chi connectivity index (χ0) is 25.4. The first-order valence-electron chi connectivity index (χ1n) is 12.0. The van der Waals surface area contributed by atoms with E-state index in [1.165, 1.54) is 12.1 Å². The number of nitrogens with zero attached hydrogens (tertiary/aromatic N) is 3. The van der Waals surface area contributed by atoms with Crippen LogP contribution in [-0.2, 0) is 27.9 Å². The van der Waals surface area contributed by atoms with Crippen LogP contribution in [-0.4, -0.2) is 43.1 Å². The standard InChI is InChI=1S/C29H29ClFN3O2/c1-32-28(33-36-20-15-22-7-11-25(30)12-8-22)29(24-5-3-2-4-6-24)16-18-34(19-17-29)27(35)21-23-9-13-26(31)14-10-23/h2-14H,1,15-21H2/b33-28-. The van der Waals surface area contributed by atoms with Crippen LogP contribution in [0.25, 0.3) is 0 Å². The van der Waals surface area contributed by atoms with Crippen molar-refractivity contribution in [2.45, 2.75) is 31.1 Å². The smallest absolute Gasteiger partial charge is 0.226 e. The van der Waals surface area contributed by atoms with Gasteiger partial charge in [0, 0.05) is 24.5 Å². The van der Waals surface area contributed by atoms with Crippen LogP contribution in [0.5, 0.6) is 0 Å². The number of amides is 1. The highest BCUT2D eigenvalue weighted by molar-refractivity contribution is 6.30. The van der Waals surface area contributed by atoms with Gasteiger partial charge in [-0.05, 0) is 60.5 Å². The average Bonchev–Trinajstić information content (AvgIpc) is 2.91. The molecule has 36 heavy (non-hydrogen) atoms. The van der Waals surface area contributed by atoms with Crippen LogP contribution in [0.3, 0.4) is 0 Å². The number of hydrogen-bond donors (Lipinski definition) is 0. The number of hydrogen-bond acceptors (Lipinski definition) is 3. The Morgan fingerprint density at radius 1 is 0.972 bits per heavy atom. The van der Waals surface area contributed by atoms with Gasteiger partial charge in [-0.2, -0.15) is 0 Å². The summed E-state index contributed by atoms with van der Waals surface area (Å²) in [6.45, 7) is 5.28. The summed E-state index contributed by atoms with van der Waals surface area (Å²) in [5, 5.41) is 5.11. The Bertz CT molecular complexity index is 1190. The van der Waals surface area contributed by atoms with Gasteiger partial charge in [0.25, 0.3) is 0 Å². The maximum atomic E-state index is 13.2. The van der Waals surface area contributed by atoms with Crippen LogP contribution >= 0.6 is 11.6 Å². The molecule has 3 aromatic carbocycles. The molecule has 0 N–H and O–H groups in total. The second kappa shape index (κ2) is 12.0. The summed E-state index contributed by atoms with van der Waals surface area (Å²) in [6, 6.07) is 23.8. The number of benzene rings is 3. The third-order valence-corrected chi connectivity index (χ3v) is 6.94. The van der Waals surface area contributed by atoms with E-state index in [9.17, 15) is 9.18 Å². The van der Waals surface area contributed by atoms with E-state index in [1.54, 1.807) is 12.1 Å². The molecule has 0 unspecified atom stereocenters. The lowest BCUT2D eigenvalue weighted by molar-refractivity contribution is -0.131. The van der Waals surface area contributed by atoms with Crippen LogP contribution < -0.4 is 0 Å². The van der Waals surface area contributed by atoms with Crippen LogP contribution in [0.15, 0.2) is 89.0 Å². The van der Waals surface area contributed by atoms with E-state index < -0.39 is 5.41 Å². The number of carbonyl (C=O) groups is 1. The molecular formula is C29H29ClFN3O2. The highest BCUT2D eigenvalue weighted by atomic mass is 35.5. The Morgan fingerprint density at radius 2 is 1.61 bits per heavy atom. The minimum absolute atomic E-state index is 0.0209. The fourth-order valence-corrected chi connectivity index (χ4v) is 4.74. The summed E-state index contributed by atoms with van der Waals surface area (Å²) in [6.07, 6.45) is 2.22. The molecular weight excluding hydrogens is 477 g/mol. The van der Waals surface area contributed by atoms with Crippen molar-refractivity contribution >= 4 is 30.1 Å². The van der Waals surface area contributed by atoms with E-state index in [1.807, 2.05) is 47.4 Å². The minimum atomic E-state index is -0.504. The molecule has 0 spiro atoms. The molecule has 0 atom stereocenters. The van der Waals surface area contributed by atoms with Crippen LogP contribution in [0.2, 0.25) is 5.02 Å². The van der Waals surface area contributed by atoms with Gasteiger partial charge in [0.1, 0.15) is 12.4 Å². The Kier molecular flexibility index (Phi) is 8.49. The zero-order valence-electron chi connectivity index (χ0n) is 20.1. The Morgan fingerprint density at radius 3 is 2.25 bits per heavy atom. The van der Waals surface area contributed by atoms with Crippen molar-refractivity contribution < 1.29 is 14.0 Å². The summed E-state index contributed by atoms with van der Waals surface area (Å²) < 4.78 is 13.2. The van der Waals surface area contributed by atoms with E-state index in [4.69, 9.17) is 16.4 Å². The number of rotatable bonds is 8. The molecule has 7 heteroatoms. The first-order chi connectivity index (χ1) is 17.5. The van der Waals surface area contributed by atoms with Crippen molar-refractivity contribution in [3.05, 3.63) is 106 Å². The van der Waals surface area contributed by atoms with Gasteiger partial charge >= 0.3 is 0 Å². The quantitative estimate of drug-likeness (QED) is 0.167. The first kappa shape index (κ1) is 25.6. The summed E-state index contributed by atoms with van der Waals surface area (Å²) >= 11 is 5.96. The summed E-state index contributed by atoms with van der Waals surface area (Å²) in [4.78, 5) is 24.8. The summed E-state index contributed by atoms with van der Waals surface area (Å²) in [7, 11) is 0. The number of aliphatic imine (C=N–C) groups is 1. The maximum Gasteiger partial charge on any atom is 0.226 e. The number of carbonyl (C=O) groups excluding carboxylic acids is 1. The fraction of sp³-hybridized carbons (Fsp3) is 0.276. The SMILES string of the molecule is C=N/C(=N\OCCc1ccc(Cl)cc1)C1(c2ccccc2)CCN(C(=O)Cc2ccc(F)cc2)CC1. The van der Waals surface area contributed by atoms with Crippen LogP contribution in [0.4, 0.5) is 4.39 Å². The number of amidine groups is 1. The second-order valence-corrected chi connectivity index (χ2v) is 9.35. The van der Waals surface area contributed by atoms with Gasteiger partial charge in [-0.3, -0.25) is 4.79 Å². The van der Waals surface area contributed by atoms with Gasteiger partial charge in [-0.25, -0.2) is 9.38 Å². The predicted molar refractivity (Wildman–Crippen MR) is 142 cm³/mol. The molecule has 1 fully saturated rings. The van der Waals surface area contributed by atoms with Crippen LogP contribution in [0, 0.1) is 5.82 Å². The van der Waals surface area contributed by atoms with Crippen molar-refractivity contribution in [1.82, 2.24) is 4.90 Å². The number of piperidine rings is 1. The summed E-state index contributed by atoms with van der Waals surface area (Å²) in [5.74, 6) is 0.235. The Hall–Kier alpha value is -3.51. The van der Waals surface area contributed by atoms with E-state index in [-0.39, 0.29) is 18.1 Å². The topological polar surface area (TPSA) is 54.3 Å². The minimum Gasteiger partial charge on any atom is -0.394 e. The third kappa shape index (κ3) is 6.18. The lowest BCUT2D eigenvalue weighted by Crippen LogP contribution is -2.49. The Balaban J connectivity index is 1.45. The van der Waals surface area contributed by atoms with Crippen molar-refractivity contribution in [2.24, 2.45) is 10.1 Å². The van der Waals surface area contributed by atoms with E-state index in [0.29, 0.717) is 49.8 Å². The molecule has 0 saturated carbocycles. The average molecular weight is 506 g/mol.